The average Bonchev–Trinajstić information content (AvgIpc) is 2.86. The Balaban J connectivity index is 1.68. The first-order chi connectivity index (χ1) is 17.5. The summed E-state index contributed by atoms with van der Waals surface area (Å²) < 4.78 is 11.3. The molecule has 7 nitrogen and oxygen atoms in total. The number of phenols is 3. The average molecular weight is 499 g/mol. The molecule has 196 valence electrons. The number of methoxy groups -OCH3 is 1. The van der Waals surface area contributed by atoms with E-state index in [9.17, 15) is 20.1 Å². The van der Waals surface area contributed by atoms with Crippen molar-refractivity contribution in [2.24, 2.45) is 0 Å². The Kier molecular flexibility index (Phi) is 10.5. The van der Waals surface area contributed by atoms with Crippen LogP contribution >= 0.6 is 0 Å². The van der Waals surface area contributed by atoms with Crippen LogP contribution in [0.15, 0.2) is 39.5 Å². The summed E-state index contributed by atoms with van der Waals surface area (Å²) in [6.07, 6.45) is 12.6. The maximum atomic E-state index is 13.4. The molecular weight excluding hydrogens is 460 g/mol. The van der Waals surface area contributed by atoms with E-state index in [4.69, 9.17) is 14.3 Å². The summed E-state index contributed by atoms with van der Waals surface area (Å²) in [5.74, 6) is -0.0796. The van der Waals surface area contributed by atoms with Gasteiger partial charge in [-0.3, -0.25) is 4.79 Å². The molecule has 0 atom stereocenters. The lowest BCUT2D eigenvalue weighted by Crippen LogP contribution is -2.12. The van der Waals surface area contributed by atoms with E-state index < -0.39 is 0 Å². The second-order valence-electron chi connectivity index (χ2n) is 9.32. The summed E-state index contributed by atoms with van der Waals surface area (Å²) in [4.78, 5) is 13.4. The lowest BCUT2D eigenvalue weighted by atomic mass is 9.98. The molecule has 0 fully saturated rings. The highest BCUT2D eigenvalue weighted by Gasteiger charge is 2.20. The highest BCUT2D eigenvalue weighted by atomic mass is 16.5. The molecule has 0 radical (unpaired) electrons. The number of unbranched alkanes of at least 4 members (excludes halogenated alkanes) is 10. The number of fused-ring (bicyclic) bond motifs is 1. The number of aromatic hydroxyl groups is 3. The number of benzene rings is 2. The summed E-state index contributed by atoms with van der Waals surface area (Å²) in [7, 11) is 1.46. The number of hydrogen-bond donors (Lipinski definition) is 4. The van der Waals surface area contributed by atoms with E-state index in [1.54, 1.807) is 12.1 Å². The van der Waals surface area contributed by atoms with E-state index in [0.717, 1.165) is 38.5 Å². The third-order valence-electron chi connectivity index (χ3n) is 6.60. The third kappa shape index (κ3) is 7.17. The van der Waals surface area contributed by atoms with Crippen LogP contribution in [-0.2, 0) is 6.42 Å². The molecule has 4 N–H and O–H groups in total. The molecule has 1 aromatic heterocycles. The minimum absolute atomic E-state index is 0.108. The van der Waals surface area contributed by atoms with Gasteiger partial charge in [0.1, 0.15) is 28.2 Å². The van der Waals surface area contributed by atoms with Crippen LogP contribution in [0, 0.1) is 0 Å². The molecule has 0 saturated carbocycles. The zero-order chi connectivity index (χ0) is 25.9. The van der Waals surface area contributed by atoms with Gasteiger partial charge in [0.25, 0.3) is 0 Å². The van der Waals surface area contributed by atoms with E-state index in [1.165, 1.54) is 57.4 Å². The Morgan fingerprint density at radius 2 is 1.36 bits per heavy atom. The molecule has 3 aromatic rings. The van der Waals surface area contributed by atoms with Crippen LogP contribution in [-0.4, -0.2) is 34.1 Å². The summed E-state index contributed by atoms with van der Waals surface area (Å²) in [5.41, 5.74) is 0.802. The molecular formula is C29H38O7. The van der Waals surface area contributed by atoms with Crippen molar-refractivity contribution < 1.29 is 29.6 Å². The maximum absolute atomic E-state index is 13.4. The first-order valence-electron chi connectivity index (χ1n) is 13.0. The molecule has 0 amide bonds. The van der Waals surface area contributed by atoms with Gasteiger partial charge in [-0.05, 0) is 37.5 Å². The van der Waals surface area contributed by atoms with Crippen molar-refractivity contribution in [3.63, 3.8) is 0 Å². The molecule has 0 bridgehead atoms. The molecule has 3 rings (SSSR count). The zero-order valence-electron chi connectivity index (χ0n) is 21.1. The Morgan fingerprint density at radius 1 is 0.750 bits per heavy atom. The topological polar surface area (TPSA) is 120 Å². The highest BCUT2D eigenvalue weighted by Crippen LogP contribution is 2.36. The van der Waals surface area contributed by atoms with E-state index >= 15 is 0 Å². The highest BCUT2D eigenvalue weighted by molar-refractivity contribution is 5.87. The van der Waals surface area contributed by atoms with Gasteiger partial charge in [-0.2, -0.15) is 0 Å². The van der Waals surface area contributed by atoms with Crippen molar-refractivity contribution in [3.05, 3.63) is 46.1 Å². The molecule has 7 heteroatoms. The van der Waals surface area contributed by atoms with E-state index in [-0.39, 0.29) is 40.3 Å². The Hall–Kier alpha value is -3.19. The molecule has 2 aromatic carbocycles. The fourth-order valence-electron chi connectivity index (χ4n) is 4.56. The van der Waals surface area contributed by atoms with Gasteiger partial charge in [-0.25, -0.2) is 0 Å². The quantitative estimate of drug-likeness (QED) is 0.141. The van der Waals surface area contributed by atoms with Crippen molar-refractivity contribution in [3.8, 4) is 34.3 Å². The van der Waals surface area contributed by atoms with Crippen molar-refractivity contribution in [1.82, 2.24) is 0 Å². The number of phenolic OH excluding ortho intramolecular Hbond substituents is 3. The van der Waals surface area contributed by atoms with Gasteiger partial charge in [-0.15, -0.1) is 0 Å². The lowest BCUT2D eigenvalue weighted by molar-refractivity contribution is 0.282. The van der Waals surface area contributed by atoms with Crippen molar-refractivity contribution in [2.45, 2.75) is 77.0 Å². The van der Waals surface area contributed by atoms with Crippen LogP contribution < -0.4 is 10.2 Å². The van der Waals surface area contributed by atoms with Gasteiger partial charge in [0.05, 0.1) is 7.11 Å². The Morgan fingerprint density at radius 3 is 1.94 bits per heavy atom. The smallest absolute Gasteiger partial charge is 0.200 e. The second kappa shape index (κ2) is 13.8. The minimum atomic E-state index is -0.305. The first kappa shape index (κ1) is 27.4. The maximum Gasteiger partial charge on any atom is 0.200 e. The Bertz CT molecular complexity index is 1180. The predicted octanol–water partition coefficient (Wildman–Crippen LogP) is 6.41. The number of rotatable bonds is 15. The normalized spacial score (nSPS) is 11.3. The van der Waals surface area contributed by atoms with Crippen LogP contribution in [0.5, 0.6) is 23.0 Å². The third-order valence-corrected chi connectivity index (χ3v) is 6.60. The van der Waals surface area contributed by atoms with Crippen LogP contribution in [0.1, 0.15) is 76.2 Å². The monoisotopic (exact) mass is 498 g/mol. The standard InChI is InChI=1S/C29H38O7/c1-35-21-18-25(33)27-26(19-21)36-29(20-14-15-23(31)24(32)17-20)22(28(27)34)13-11-9-7-5-3-2-4-6-8-10-12-16-30/h14-15,17-19,30-33H,2-13,16H2,1H3. The first-order valence-corrected chi connectivity index (χ1v) is 13.0. The Labute approximate surface area is 212 Å². The SMILES string of the molecule is COc1cc(O)c2c(=O)c(CCCCCCCCCCCCCO)c(-c3ccc(O)c(O)c3)oc2c1. The van der Waals surface area contributed by atoms with Crippen LogP contribution in [0.4, 0.5) is 0 Å². The molecule has 0 saturated heterocycles. The zero-order valence-corrected chi connectivity index (χ0v) is 21.1. The number of hydrogen-bond acceptors (Lipinski definition) is 7. The predicted molar refractivity (Wildman–Crippen MR) is 141 cm³/mol. The summed E-state index contributed by atoms with van der Waals surface area (Å²) in [6, 6.07) is 7.26. The van der Waals surface area contributed by atoms with Crippen LogP contribution in [0.25, 0.3) is 22.3 Å². The lowest BCUT2D eigenvalue weighted by Gasteiger charge is -2.12. The van der Waals surface area contributed by atoms with E-state index in [1.807, 2.05) is 0 Å². The number of ether oxygens (including phenoxy) is 1. The minimum Gasteiger partial charge on any atom is -0.507 e. The van der Waals surface area contributed by atoms with Crippen molar-refractivity contribution in [2.75, 3.05) is 13.7 Å². The van der Waals surface area contributed by atoms with Gasteiger partial charge in [0.15, 0.2) is 16.9 Å². The van der Waals surface area contributed by atoms with Crippen LogP contribution in [0.3, 0.4) is 0 Å². The molecule has 1 heterocycles. The molecule has 0 aliphatic rings. The second-order valence-corrected chi connectivity index (χ2v) is 9.32. The van der Waals surface area contributed by atoms with Gasteiger partial charge in [-0.1, -0.05) is 57.8 Å². The van der Waals surface area contributed by atoms with Gasteiger partial charge < -0.3 is 29.6 Å². The van der Waals surface area contributed by atoms with Gasteiger partial charge >= 0.3 is 0 Å². The molecule has 36 heavy (non-hydrogen) atoms. The summed E-state index contributed by atoms with van der Waals surface area (Å²) in [5, 5.41) is 39.1. The molecule has 0 aliphatic heterocycles. The molecule has 0 spiro atoms. The summed E-state index contributed by atoms with van der Waals surface area (Å²) >= 11 is 0. The van der Waals surface area contributed by atoms with E-state index in [2.05, 4.69) is 0 Å². The number of aliphatic hydroxyl groups excluding tert-OH is 1. The van der Waals surface area contributed by atoms with E-state index in [0.29, 0.717) is 29.1 Å². The molecule has 0 unspecified atom stereocenters. The summed E-state index contributed by atoms with van der Waals surface area (Å²) in [6.45, 7) is 0.288. The molecule has 0 aliphatic carbocycles. The fourth-order valence-corrected chi connectivity index (χ4v) is 4.56. The number of aliphatic hydroxyl groups is 1. The fraction of sp³-hybridized carbons (Fsp3) is 0.483. The van der Waals surface area contributed by atoms with Crippen LogP contribution in [0.2, 0.25) is 0 Å². The van der Waals surface area contributed by atoms with Crippen molar-refractivity contribution >= 4 is 11.0 Å². The van der Waals surface area contributed by atoms with Gasteiger partial charge in [0.2, 0.25) is 0 Å². The van der Waals surface area contributed by atoms with Gasteiger partial charge in [0, 0.05) is 29.9 Å². The van der Waals surface area contributed by atoms with Crippen molar-refractivity contribution in [1.29, 1.82) is 0 Å². The largest absolute Gasteiger partial charge is 0.507 e.